The molecule has 4 rings (SSSR count). The lowest BCUT2D eigenvalue weighted by molar-refractivity contribution is 0.0811. The second-order valence-corrected chi connectivity index (χ2v) is 6.44. The van der Waals surface area contributed by atoms with Crippen LogP contribution in [0.5, 0.6) is 0 Å². The Morgan fingerprint density at radius 2 is 1.04 bits per heavy atom. The van der Waals surface area contributed by atoms with Gasteiger partial charge in [-0.25, -0.2) is 9.97 Å². The van der Waals surface area contributed by atoms with Gasteiger partial charge in [0, 0.05) is 10.8 Å². The molecule has 4 aromatic rings. The summed E-state index contributed by atoms with van der Waals surface area (Å²) in [5.74, 6) is -1.29. The van der Waals surface area contributed by atoms with Crippen molar-refractivity contribution in [1.29, 1.82) is 0 Å². The lowest BCUT2D eigenvalue weighted by Gasteiger charge is -2.04. The van der Waals surface area contributed by atoms with Crippen LogP contribution in [0, 0.1) is 13.8 Å². The van der Waals surface area contributed by atoms with Gasteiger partial charge in [0.1, 0.15) is 11.4 Å². The van der Waals surface area contributed by atoms with E-state index in [0.29, 0.717) is 11.0 Å². The third-order valence-electron chi connectivity index (χ3n) is 4.36. The van der Waals surface area contributed by atoms with Crippen LogP contribution in [0.4, 0.5) is 0 Å². The van der Waals surface area contributed by atoms with Crippen molar-refractivity contribution < 1.29 is 9.59 Å². The van der Waals surface area contributed by atoms with Crippen LogP contribution in [0.2, 0.25) is 0 Å². The zero-order valence-corrected chi connectivity index (χ0v) is 14.5. The van der Waals surface area contributed by atoms with Gasteiger partial charge in [0.2, 0.25) is 0 Å². The van der Waals surface area contributed by atoms with Crippen LogP contribution in [-0.2, 0) is 0 Å². The number of fused-ring (bicyclic) bond motifs is 2. The van der Waals surface area contributed by atoms with Crippen LogP contribution in [0.3, 0.4) is 0 Å². The number of aromatic nitrogens is 2. The second kappa shape index (κ2) is 6.15. The number of ketones is 2. The minimum absolute atomic E-state index is 0.136. The van der Waals surface area contributed by atoms with Crippen LogP contribution < -0.4 is 0 Å². The average Bonchev–Trinajstić information content (AvgIpc) is 2.66. The fraction of sp³-hybridized carbons (Fsp3) is 0.0909. The molecule has 2 heterocycles. The SMILES string of the molecule is Cc1ccc2nc(C(=O)C(=O)c3ccc4cc(C)ccc4n3)ccc2c1. The molecule has 0 amide bonds. The number of Topliss-reactive ketones (excluding diaryl/α,β-unsaturated/α-hetero) is 2. The molecule has 26 heavy (non-hydrogen) atoms. The molecule has 0 fully saturated rings. The third kappa shape index (κ3) is 2.86. The maximum Gasteiger partial charge on any atom is 0.253 e. The van der Waals surface area contributed by atoms with Crippen molar-refractivity contribution in [2.75, 3.05) is 0 Å². The standard InChI is InChI=1S/C22H16N2O2/c1-13-3-7-17-15(11-13)5-9-19(23-17)21(25)22(26)20-10-6-16-12-14(2)4-8-18(16)24-20/h3-12H,1-2H3. The summed E-state index contributed by atoms with van der Waals surface area (Å²) in [6.45, 7) is 3.99. The molecular formula is C22H16N2O2. The number of pyridine rings is 2. The molecule has 0 spiro atoms. The van der Waals surface area contributed by atoms with Crippen molar-refractivity contribution in [3.8, 4) is 0 Å². The summed E-state index contributed by atoms with van der Waals surface area (Å²) >= 11 is 0. The zero-order valence-electron chi connectivity index (χ0n) is 14.5. The predicted molar refractivity (Wildman–Crippen MR) is 102 cm³/mol. The highest BCUT2D eigenvalue weighted by Crippen LogP contribution is 2.17. The van der Waals surface area contributed by atoms with Gasteiger partial charge in [0.05, 0.1) is 11.0 Å². The number of rotatable bonds is 3. The Hall–Kier alpha value is -3.40. The Morgan fingerprint density at radius 3 is 1.46 bits per heavy atom. The molecule has 0 saturated carbocycles. The van der Waals surface area contributed by atoms with Gasteiger partial charge in [-0.05, 0) is 50.2 Å². The molecule has 2 aromatic carbocycles. The zero-order chi connectivity index (χ0) is 18.3. The summed E-state index contributed by atoms with van der Waals surface area (Å²) < 4.78 is 0. The Bertz CT molecular complexity index is 1100. The van der Waals surface area contributed by atoms with Gasteiger partial charge in [-0.2, -0.15) is 0 Å². The average molecular weight is 340 g/mol. The fourth-order valence-electron chi connectivity index (χ4n) is 2.98. The maximum atomic E-state index is 12.6. The summed E-state index contributed by atoms with van der Waals surface area (Å²) in [6.07, 6.45) is 0. The number of hydrogen-bond donors (Lipinski definition) is 0. The largest absolute Gasteiger partial charge is 0.283 e. The number of hydrogen-bond acceptors (Lipinski definition) is 4. The monoisotopic (exact) mass is 340 g/mol. The van der Waals surface area contributed by atoms with Crippen LogP contribution in [0.25, 0.3) is 21.8 Å². The van der Waals surface area contributed by atoms with Gasteiger partial charge in [-0.1, -0.05) is 35.4 Å². The highest BCUT2D eigenvalue weighted by Gasteiger charge is 2.21. The van der Waals surface area contributed by atoms with Gasteiger partial charge in [-0.3, -0.25) is 9.59 Å². The summed E-state index contributed by atoms with van der Waals surface area (Å²) in [6, 6.07) is 18.3. The molecule has 0 saturated heterocycles. The lowest BCUT2D eigenvalue weighted by Crippen LogP contribution is -2.17. The molecule has 0 N–H and O–H groups in total. The van der Waals surface area contributed by atoms with Crippen molar-refractivity contribution in [1.82, 2.24) is 9.97 Å². The minimum Gasteiger partial charge on any atom is -0.283 e. The topological polar surface area (TPSA) is 59.9 Å². The van der Waals surface area contributed by atoms with Gasteiger partial charge in [0.15, 0.2) is 0 Å². The Labute approximate surface area is 150 Å². The van der Waals surface area contributed by atoms with Gasteiger partial charge >= 0.3 is 0 Å². The number of carbonyl (C=O) groups is 2. The highest BCUT2D eigenvalue weighted by atomic mass is 16.2. The Kier molecular flexibility index (Phi) is 3.81. The molecular weight excluding hydrogens is 324 g/mol. The van der Waals surface area contributed by atoms with E-state index in [0.717, 1.165) is 21.9 Å². The molecule has 0 aliphatic heterocycles. The Balaban J connectivity index is 1.70. The van der Waals surface area contributed by atoms with E-state index in [9.17, 15) is 9.59 Å². The van der Waals surface area contributed by atoms with Crippen LogP contribution >= 0.6 is 0 Å². The van der Waals surface area contributed by atoms with Crippen molar-refractivity contribution in [3.05, 3.63) is 83.2 Å². The molecule has 0 aliphatic rings. The van der Waals surface area contributed by atoms with E-state index in [1.807, 2.05) is 62.4 Å². The van der Waals surface area contributed by atoms with E-state index in [4.69, 9.17) is 0 Å². The summed E-state index contributed by atoms with van der Waals surface area (Å²) in [5, 5.41) is 1.88. The molecule has 0 bridgehead atoms. The van der Waals surface area contributed by atoms with E-state index in [2.05, 4.69) is 9.97 Å². The minimum atomic E-state index is -0.647. The molecule has 4 nitrogen and oxygen atoms in total. The first-order valence-electron chi connectivity index (χ1n) is 8.35. The molecule has 126 valence electrons. The summed E-state index contributed by atoms with van der Waals surface area (Å²) in [4.78, 5) is 33.9. The number of aryl methyl sites for hydroxylation is 2. The maximum absolute atomic E-state index is 12.6. The van der Waals surface area contributed by atoms with E-state index >= 15 is 0 Å². The van der Waals surface area contributed by atoms with Gasteiger partial charge in [-0.15, -0.1) is 0 Å². The van der Waals surface area contributed by atoms with E-state index in [-0.39, 0.29) is 11.4 Å². The van der Waals surface area contributed by atoms with Gasteiger partial charge < -0.3 is 0 Å². The summed E-state index contributed by atoms with van der Waals surface area (Å²) in [7, 11) is 0. The smallest absolute Gasteiger partial charge is 0.253 e. The van der Waals surface area contributed by atoms with Crippen LogP contribution in [-0.4, -0.2) is 21.5 Å². The number of nitrogens with zero attached hydrogens (tertiary/aromatic N) is 2. The van der Waals surface area contributed by atoms with Crippen molar-refractivity contribution in [2.24, 2.45) is 0 Å². The quantitative estimate of drug-likeness (QED) is 0.408. The summed E-state index contributed by atoms with van der Waals surface area (Å²) in [5.41, 5.74) is 3.89. The van der Waals surface area contributed by atoms with Crippen molar-refractivity contribution in [2.45, 2.75) is 13.8 Å². The first-order chi connectivity index (χ1) is 12.5. The van der Waals surface area contributed by atoms with E-state index in [1.165, 1.54) is 0 Å². The van der Waals surface area contributed by atoms with Crippen LogP contribution in [0.1, 0.15) is 32.1 Å². The first-order valence-corrected chi connectivity index (χ1v) is 8.35. The predicted octanol–water partition coefficient (Wildman–Crippen LogP) is 4.47. The van der Waals surface area contributed by atoms with Crippen molar-refractivity contribution >= 4 is 33.4 Å². The molecule has 0 aliphatic carbocycles. The second-order valence-electron chi connectivity index (χ2n) is 6.44. The lowest BCUT2D eigenvalue weighted by atomic mass is 10.1. The van der Waals surface area contributed by atoms with E-state index in [1.54, 1.807) is 12.1 Å². The molecule has 2 aromatic heterocycles. The number of benzene rings is 2. The fourth-order valence-corrected chi connectivity index (χ4v) is 2.98. The van der Waals surface area contributed by atoms with E-state index < -0.39 is 11.6 Å². The van der Waals surface area contributed by atoms with Crippen molar-refractivity contribution in [3.63, 3.8) is 0 Å². The first kappa shape index (κ1) is 16.1. The van der Waals surface area contributed by atoms with Gasteiger partial charge in [0.25, 0.3) is 11.6 Å². The number of carbonyl (C=O) groups excluding carboxylic acids is 2. The molecule has 0 unspecified atom stereocenters. The normalized spacial score (nSPS) is 11.0. The van der Waals surface area contributed by atoms with Crippen LogP contribution in [0.15, 0.2) is 60.7 Å². The molecule has 0 radical (unpaired) electrons. The molecule has 0 atom stereocenters. The Morgan fingerprint density at radius 1 is 0.615 bits per heavy atom. The molecule has 4 heteroatoms. The highest BCUT2D eigenvalue weighted by molar-refractivity contribution is 6.48. The third-order valence-corrected chi connectivity index (χ3v) is 4.36.